The van der Waals surface area contributed by atoms with Crippen molar-refractivity contribution in [2.45, 2.75) is 18.3 Å². The normalized spacial score (nSPS) is 18.5. The van der Waals surface area contributed by atoms with Gasteiger partial charge in [-0.3, -0.25) is 9.69 Å². The summed E-state index contributed by atoms with van der Waals surface area (Å²) in [7, 11) is 0. The summed E-state index contributed by atoms with van der Waals surface area (Å²) in [6, 6.07) is 10.6. The number of nitrogens with zero attached hydrogens (tertiary/aromatic N) is 2. The number of halogens is 2. The van der Waals surface area contributed by atoms with E-state index in [1.165, 1.54) is 18.2 Å². The molecular formula is C22H22F2N2O. The Hall–Kier alpha value is -2.53. The number of benzene rings is 2. The van der Waals surface area contributed by atoms with Crippen LogP contribution < -0.4 is 4.90 Å². The average molecular weight is 368 g/mol. The van der Waals surface area contributed by atoms with Gasteiger partial charge in [-0.05, 0) is 61.8 Å². The van der Waals surface area contributed by atoms with Crippen molar-refractivity contribution in [3.8, 4) is 0 Å². The first kappa shape index (κ1) is 17.9. The van der Waals surface area contributed by atoms with E-state index in [1.54, 1.807) is 29.2 Å². The first-order valence-electron chi connectivity index (χ1n) is 9.24. The SMILES string of the molecule is C=CCN1CCC2(CC1)CN(C(=O)c1ccccc1F)c1ccc(F)cc12. The molecule has 5 heteroatoms. The molecule has 1 spiro atoms. The van der Waals surface area contributed by atoms with Gasteiger partial charge >= 0.3 is 0 Å². The predicted molar refractivity (Wildman–Crippen MR) is 102 cm³/mol. The highest BCUT2D eigenvalue weighted by Crippen LogP contribution is 2.47. The molecule has 2 aromatic rings. The summed E-state index contributed by atoms with van der Waals surface area (Å²) in [4.78, 5) is 17.0. The van der Waals surface area contributed by atoms with E-state index in [1.807, 2.05) is 6.08 Å². The molecule has 0 aromatic heterocycles. The van der Waals surface area contributed by atoms with Gasteiger partial charge in [0, 0.05) is 24.2 Å². The Morgan fingerprint density at radius 1 is 1.15 bits per heavy atom. The molecule has 0 bridgehead atoms. The lowest BCUT2D eigenvalue weighted by Crippen LogP contribution is -2.46. The first-order valence-corrected chi connectivity index (χ1v) is 9.24. The van der Waals surface area contributed by atoms with E-state index in [0.717, 1.165) is 38.0 Å². The van der Waals surface area contributed by atoms with E-state index in [2.05, 4.69) is 11.5 Å². The highest BCUT2D eigenvalue weighted by molar-refractivity contribution is 6.08. The van der Waals surface area contributed by atoms with E-state index >= 15 is 0 Å². The van der Waals surface area contributed by atoms with Crippen LogP contribution >= 0.6 is 0 Å². The Balaban J connectivity index is 1.70. The number of amides is 1. The average Bonchev–Trinajstić information content (AvgIpc) is 2.97. The molecule has 0 N–H and O–H groups in total. The van der Waals surface area contributed by atoms with Crippen molar-refractivity contribution in [2.75, 3.05) is 31.1 Å². The number of carbonyl (C=O) groups excluding carboxylic acids is 1. The van der Waals surface area contributed by atoms with Crippen LogP contribution in [0.2, 0.25) is 0 Å². The second-order valence-electron chi connectivity index (χ2n) is 7.40. The number of likely N-dealkylation sites (tertiary alicyclic amines) is 1. The van der Waals surface area contributed by atoms with Crippen molar-refractivity contribution in [1.29, 1.82) is 0 Å². The number of fused-ring (bicyclic) bond motifs is 2. The molecule has 2 aliphatic rings. The van der Waals surface area contributed by atoms with Gasteiger partial charge in [-0.15, -0.1) is 6.58 Å². The minimum absolute atomic E-state index is 0.0499. The van der Waals surface area contributed by atoms with Crippen LogP contribution in [0.25, 0.3) is 0 Å². The van der Waals surface area contributed by atoms with E-state index in [9.17, 15) is 13.6 Å². The van der Waals surface area contributed by atoms with Crippen LogP contribution in [0.3, 0.4) is 0 Å². The molecule has 2 aromatic carbocycles. The fourth-order valence-electron chi connectivity index (χ4n) is 4.38. The summed E-state index contributed by atoms with van der Waals surface area (Å²) in [6.07, 6.45) is 3.55. The quantitative estimate of drug-likeness (QED) is 0.760. The fourth-order valence-corrected chi connectivity index (χ4v) is 4.38. The van der Waals surface area contributed by atoms with Crippen LogP contribution in [0.15, 0.2) is 55.1 Å². The van der Waals surface area contributed by atoms with Crippen LogP contribution in [-0.2, 0) is 5.41 Å². The number of hydrogen-bond acceptors (Lipinski definition) is 2. The van der Waals surface area contributed by atoms with Crippen LogP contribution in [0.1, 0.15) is 28.8 Å². The summed E-state index contributed by atoms with van der Waals surface area (Å²) in [6.45, 7) is 6.80. The third-order valence-electron chi connectivity index (χ3n) is 5.83. The highest BCUT2D eigenvalue weighted by Gasteiger charge is 2.46. The van der Waals surface area contributed by atoms with Gasteiger partial charge in [0.15, 0.2) is 0 Å². The highest BCUT2D eigenvalue weighted by atomic mass is 19.1. The lowest BCUT2D eigenvalue weighted by molar-refractivity contribution is 0.0974. The minimum atomic E-state index is -0.534. The first-order chi connectivity index (χ1) is 13.0. The molecule has 2 heterocycles. The van der Waals surface area contributed by atoms with Crippen LogP contribution in [0, 0.1) is 11.6 Å². The largest absolute Gasteiger partial charge is 0.307 e. The van der Waals surface area contributed by atoms with Crippen LogP contribution in [0.5, 0.6) is 0 Å². The van der Waals surface area contributed by atoms with Gasteiger partial charge in [-0.1, -0.05) is 18.2 Å². The summed E-state index contributed by atoms with van der Waals surface area (Å²) in [5, 5.41) is 0. The number of carbonyl (C=O) groups is 1. The maximum atomic E-state index is 14.2. The molecule has 1 amide bonds. The van der Waals surface area contributed by atoms with Crippen molar-refractivity contribution in [1.82, 2.24) is 4.90 Å². The number of rotatable bonds is 3. The maximum absolute atomic E-state index is 14.2. The maximum Gasteiger partial charge on any atom is 0.261 e. The molecule has 0 radical (unpaired) electrons. The lowest BCUT2D eigenvalue weighted by Gasteiger charge is -2.39. The second kappa shape index (κ2) is 6.89. The van der Waals surface area contributed by atoms with Gasteiger partial charge in [0.2, 0.25) is 0 Å². The summed E-state index contributed by atoms with van der Waals surface area (Å²) < 4.78 is 28.2. The fraction of sp³-hybridized carbons (Fsp3) is 0.318. The molecule has 2 aliphatic heterocycles. The third-order valence-corrected chi connectivity index (χ3v) is 5.83. The molecule has 0 atom stereocenters. The van der Waals surface area contributed by atoms with Gasteiger partial charge in [0.25, 0.3) is 5.91 Å². The smallest absolute Gasteiger partial charge is 0.261 e. The Labute approximate surface area is 157 Å². The van der Waals surface area contributed by atoms with E-state index in [4.69, 9.17) is 0 Å². The summed E-state index contributed by atoms with van der Waals surface area (Å²) in [5.74, 6) is -1.21. The zero-order valence-corrected chi connectivity index (χ0v) is 15.1. The molecule has 4 rings (SSSR count). The topological polar surface area (TPSA) is 23.6 Å². The number of hydrogen-bond donors (Lipinski definition) is 0. The Morgan fingerprint density at radius 3 is 2.59 bits per heavy atom. The predicted octanol–water partition coefficient (Wildman–Crippen LogP) is 4.14. The number of anilines is 1. The van der Waals surface area contributed by atoms with Crippen molar-refractivity contribution in [3.05, 3.63) is 77.9 Å². The van der Waals surface area contributed by atoms with Gasteiger partial charge in [-0.2, -0.15) is 0 Å². The van der Waals surface area contributed by atoms with E-state index < -0.39 is 5.82 Å². The Bertz CT molecular complexity index is 888. The summed E-state index contributed by atoms with van der Waals surface area (Å²) in [5.41, 5.74) is 1.33. The standard InChI is InChI=1S/C22H22F2N2O/c1-2-11-25-12-9-22(10-13-25)15-26(20-8-7-16(23)14-18(20)22)21(27)17-5-3-4-6-19(17)24/h2-8,14H,1,9-13,15H2. The molecule has 140 valence electrons. The van der Waals surface area contributed by atoms with Gasteiger partial charge in [-0.25, -0.2) is 8.78 Å². The lowest BCUT2D eigenvalue weighted by atomic mass is 9.74. The molecule has 1 fully saturated rings. The monoisotopic (exact) mass is 368 g/mol. The van der Waals surface area contributed by atoms with Crippen molar-refractivity contribution in [2.24, 2.45) is 0 Å². The molecule has 3 nitrogen and oxygen atoms in total. The molecule has 27 heavy (non-hydrogen) atoms. The Morgan fingerprint density at radius 2 is 1.89 bits per heavy atom. The van der Waals surface area contributed by atoms with Crippen molar-refractivity contribution < 1.29 is 13.6 Å². The minimum Gasteiger partial charge on any atom is -0.307 e. The Kier molecular flexibility index (Phi) is 4.56. The zero-order valence-electron chi connectivity index (χ0n) is 15.1. The summed E-state index contributed by atoms with van der Waals surface area (Å²) >= 11 is 0. The van der Waals surface area contributed by atoms with Gasteiger partial charge in [0.05, 0.1) is 5.56 Å². The van der Waals surface area contributed by atoms with Crippen LogP contribution in [-0.4, -0.2) is 37.0 Å². The zero-order chi connectivity index (χ0) is 19.0. The van der Waals surface area contributed by atoms with Crippen molar-refractivity contribution >= 4 is 11.6 Å². The van der Waals surface area contributed by atoms with E-state index in [0.29, 0.717) is 12.2 Å². The van der Waals surface area contributed by atoms with Gasteiger partial charge < -0.3 is 4.90 Å². The molecule has 0 unspecified atom stereocenters. The number of piperidine rings is 1. The molecule has 0 saturated carbocycles. The van der Waals surface area contributed by atoms with Gasteiger partial charge in [0.1, 0.15) is 11.6 Å². The van der Waals surface area contributed by atoms with E-state index in [-0.39, 0.29) is 22.7 Å². The van der Waals surface area contributed by atoms with Crippen LogP contribution in [0.4, 0.5) is 14.5 Å². The third kappa shape index (κ3) is 3.06. The molecular weight excluding hydrogens is 346 g/mol. The molecule has 1 saturated heterocycles. The van der Waals surface area contributed by atoms with Crippen molar-refractivity contribution in [3.63, 3.8) is 0 Å². The second-order valence-corrected chi connectivity index (χ2v) is 7.40. The molecule has 0 aliphatic carbocycles.